The molecule has 0 aromatic heterocycles. The molecule has 16 heavy (non-hydrogen) atoms. The molecule has 2 aliphatic carbocycles. The lowest BCUT2D eigenvalue weighted by Crippen LogP contribution is -2.41. The van der Waals surface area contributed by atoms with E-state index in [0.717, 1.165) is 13.0 Å². The standard InChI is InChI=1S/C13H22N2O/c16-13-8-11(9-15(13)12-6-7-12)14-10-4-2-1-3-5-10/h10-12,14H,1-9H2. The van der Waals surface area contributed by atoms with Crippen LogP contribution >= 0.6 is 0 Å². The molecule has 2 saturated carbocycles. The molecule has 1 heterocycles. The van der Waals surface area contributed by atoms with E-state index in [2.05, 4.69) is 10.2 Å². The van der Waals surface area contributed by atoms with Crippen LogP contribution in [0.5, 0.6) is 0 Å². The number of likely N-dealkylation sites (tertiary alicyclic amines) is 1. The lowest BCUT2D eigenvalue weighted by Gasteiger charge is -2.26. The van der Waals surface area contributed by atoms with Crippen molar-refractivity contribution in [2.75, 3.05) is 6.54 Å². The van der Waals surface area contributed by atoms with Crippen LogP contribution in [0, 0.1) is 0 Å². The molecule has 1 amide bonds. The molecule has 1 N–H and O–H groups in total. The van der Waals surface area contributed by atoms with Crippen LogP contribution in [0.4, 0.5) is 0 Å². The van der Waals surface area contributed by atoms with Gasteiger partial charge < -0.3 is 10.2 Å². The molecular weight excluding hydrogens is 200 g/mol. The molecule has 3 rings (SSSR count). The summed E-state index contributed by atoms with van der Waals surface area (Å²) in [5.74, 6) is 0.385. The lowest BCUT2D eigenvalue weighted by molar-refractivity contribution is -0.128. The monoisotopic (exact) mass is 222 g/mol. The summed E-state index contributed by atoms with van der Waals surface area (Å²) in [6.07, 6.45) is 9.98. The third-order valence-corrected chi connectivity index (χ3v) is 4.22. The summed E-state index contributed by atoms with van der Waals surface area (Å²) in [4.78, 5) is 13.9. The van der Waals surface area contributed by atoms with Crippen LogP contribution in [-0.2, 0) is 4.79 Å². The smallest absolute Gasteiger partial charge is 0.224 e. The zero-order valence-electron chi connectivity index (χ0n) is 9.95. The van der Waals surface area contributed by atoms with E-state index in [1.54, 1.807) is 0 Å². The van der Waals surface area contributed by atoms with Crippen molar-refractivity contribution in [3.05, 3.63) is 0 Å². The molecule has 0 aromatic carbocycles. The Morgan fingerprint density at radius 2 is 1.75 bits per heavy atom. The largest absolute Gasteiger partial charge is 0.338 e. The van der Waals surface area contributed by atoms with Gasteiger partial charge in [0.2, 0.25) is 5.91 Å². The Hall–Kier alpha value is -0.570. The molecule has 0 aromatic rings. The van der Waals surface area contributed by atoms with E-state index in [1.807, 2.05) is 0 Å². The van der Waals surface area contributed by atoms with Crippen molar-refractivity contribution in [1.29, 1.82) is 0 Å². The highest BCUT2D eigenvalue weighted by atomic mass is 16.2. The molecule has 0 spiro atoms. The number of nitrogens with zero attached hydrogens (tertiary/aromatic N) is 1. The summed E-state index contributed by atoms with van der Waals surface area (Å²) in [6.45, 7) is 0.972. The predicted molar refractivity (Wildman–Crippen MR) is 63.1 cm³/mol. The average Bonchev–Trinajstić information content (AvgIpc) is 3.06. The summed E-state index contributed by atoms with van der Waals surface area (Å²) in [5.41, 5.74) is 0. The van der Waals surface area contributed by atoms with E-state index in [0.29, 0.717) is 24.0 Å². The van der Waals surface area contributed by atoms with E-state index < -0.39 is 0 Å². The third kappa shape index (κ3) is 2.24. The summed E-state index contributed by atoms with van der Waals surface area (Å²) < 4.78 is 0. The van der Waals surface area contributed by atoms with E-state index in [1.165, 1.54) is 44.9 Å². The Morgan fingerprint density at radius 3 is 2.44 bits per heavy atom. The maximum Gasteiger partial charge on any atom is 0.224 e. The van der Waals surface area contributed by atoms with E-state index >= 15 is 0 Å². The first-order valence-electron chi connectivity index (χ1n) is 6.88. The first-order chi connectivity index (χ1) is 7.83. The van der Waals surface area contributed by atoms with Crippen molar-refractivity contribution in [3.8, 4) is 0 Å². The van der Waals surface area contributed by atoms with Gasteiger partial charge in [-0.25, -0.2) is 0 Å². The number of carbonyl (C=O) groups excluding carboxylic acids is 1. The molecule has 0 radical (unpaired) electrons. The zero-order chi connectivity index (χ0) is 11.0. The Kier molecular flexibility index (Phi) is 2.88. The third-order valence-electron chi connectivity index (χ3n) is 4.22. The fourth-order valence-corrected chi connectivity index (χ4v) is 3.18. The maximum atomic E-state index is 11.8. The second kappa shape index (κ2) is 4.36. The highest BCUT2D eigenvalue weighted by molar-refractivity contribution is 5.80. The minimum Gasteiger partial charge on any atom is -0.338 e. The van der Waals surface area contributed by atoms with Gasteiger partial charge in [0.1, 0.15) is 0 Å². The van der Waals surface area contributed by atoms with Gasteiger partial charge in [-0.3, -0.25) is 4.79 Å². The van der Waals surface area contributed by atoms with Crippen molar-refractivity contribution in [2.24, 2.45) is 0 Å². The molecule has 3 aliphatic rings. The van der Waals surface area contributed by atoms with Crippen LogP contribution in [0.2, 0.25) is 0 Å². The van der Waals surface area contributed by atoms with Gasteiger partial charge in [-0.2, -0.15) is 0 Å². The van der Waals surface area contributed by atoms with Gasteiger partial charge in [0, 0.05) is 31.1 Å². The molecule has 3 heteroatoms. The van der Waals surface area contributed by atoms with Gasteiger partial charge in [-0.15, -0.1) is 0 Å². The first-order valence-corrected chi connectivity index (χ1v) is 6.88. The Labute approximate surface area is 97.6 Å². The molecule has 90 valence electrons. The normalized spacial score (nSPS) is 32.4. The Morgan fingerprint density at radius 1 is 1.00 bits per heavy atom. The molecule has 3 fully saturated rings. The lowest BCUT2D eigenvalue weighted by atomic mass is 9.95. The summed E-state index contributed by atoms with van der Waals surface area (Å²) in [7, 11) is 0. The fraction of sp³-hybridized carbons (Fsp3) is 0.923. The van der Waals surface area contributed by atoms with Crippen LogP contribution in [0.3, 0.4) is 0 Å². The number of nitrogens with one attached hydrogen (secondary N) is 1. The van der Waals surface area contributed by atoms with Crippen LogP contribution in [0.1, 0.15) is 51.4 Å². The number of amides is 1. The number of carbonyl (C=O) groups is 1. The first kappa shape index (κ1) is 10.6. The quantitative estimate of drug-likeness (QED) is 0.788. The molecule has 1 aliphatic heterocycles. The Balaban J connectivity index is 1.50. The zero-order valence-corrected chi connectivity index (χ0v) is 9.95. The maximum absolute atomic E-state index is 11.8. The van der Waals surface area contributed by atoms with Crippen molar-refractivity contribution in [1.82, 2.24) is 10.2 Å². The second-order valence-corrected chi connectivity index (χ2v) is 5.68. The highest BCUT2D eigenvalue weighted by Crippen LogP contribution is 2.31. The molecule has 1 unspecified atom stereocenters. The van der Waals surface area contributed by atoms with Gasteiger partial charge in [-0.05, 0) is 25.7 Å². The fourth-order valence-electron chi connectivity index (χ4n) is 3.18. The van der Waals surface area contributed by atoms with Crippen molar-refractivity contribution >= 4 is 5.91 Å². The highest BCUT2D eigenvalue weighted by Gasteiger charge is 2.39. The van der Waals surface area contributed by atoms with Gasteiger partial charge in [0.05, 0.1) is 0 Å². The van der Waals surface area contributed by atoms with E-state index in [9.17, 15) is 4.79 Å². The van der Waals surface area contributed by atoms with Gasteiger partial charge in [-0.1, -0.05) is 19.3 Å². The van der Waals surface area contributed by atoms with Gasteiger partial charge in [0.25, 0.3) is 0 Å². The molecular formula is C13H22N2O. The average molecular weight is 222 g/mol. The van der Waals surface area contributed by atoms with Crippen molar-refractivity contribution in [3.63, 3.8) is 0 Å². The Bertz CT molecular complexity index is 269. The predicted octanol–water partition coefficient (Wildman–Crippen LogP) is 1.67. The summed E-state index contributed by atoms with van der Waals surface area (Å²) >= 11 is 0. The molecule has 1 saturated heterocycles. The SMILES string of the molecule is O=C1CC(NC2CCCCC2)CN1C1CC1. The minimum absolute atomic E-state index is 0.385. The number of hydrogen-bond acceptors (Lipinski definition) is 2. The minimum atomic E-state index is 0.385. The number of rotatable bonds is 3. The summed E-state index contributed by atoms with van der Waals surface area (Å²) in [6, 6.07) is 1.73. The van der Waals surface area contributed by atoms with Crippen LogP contribution in [-0.4, -0.2) is 35.5 Å². The second-order valence-electron chi connectivity index (χ2n) is 5.68. The van der Waals surface area contributed by atoms with Crippen molar-refractivity contribution in [2.45, 2.75) is 69.5 Å². The summed E-state index contributed by atoms with van der Waals surface area (Å²) in [5, 5.41) is 3.70. The number of hydrogen-bond donors (Lipinski definition) is 1. The molecule has 3 nitrogen and oxygen atoms in total. The van der Waals surface area contributed by atoms with Crippen LogP contribution < -0.4 is 5.32 Å². The molecule has 0 bridgehead atoms. The van der Waals surface area contributed by atoms with E-state index in [4.69, 9.17) is 0 Å². The van der Waals surface area contributed by atoms with Gasteiger partial charge in [0.15, 0.2) is 0 Å². The van der Waals surface area contributed by atoms with Gasteiger partial charge >= 0.3 is 0 Å². The van der Waals surface area contributed by atoms with Crippen LogP contribution in [0.15, 0.2) is 0 Å². The van der Waals surface area contributed by atoms with Crippen LogP contribution in [0.25, 0.3) is 0 Å². The van der Waals surface area contributed by atoms with Crippen molar-refractivity contribution < 1.29 is 4.79 Å². The molecule has 1 atom stereocenters. The topological polar surface area (TPSA) is 32.3 Å². The van der Waals surface area contributed by atoms with E-state index in [-0.39, 0.29) is 0 Å².